The summed E-state index contributed by atoms with van der Waals surface area (Å²) in [7, 11) is 0. The molecule has 0 amide bonds. The molecule has 2 rings (SSSR count). The predicted molar refractivity (Wildman–Crippen MR) is 45.0 cm³/mol. The zero-order chi connectivity index (χ0) is 7.84. The summed E-state index contributed by atoms with van der Waals surface area (Å²) in [6.45, 7) is 1.59. The minimum atomic E-state index is 0.456. The van der Waals surface area contributed by atoms with Crippen molar-refractivity contribution in [1.82, 2.24) is 15.3 Å². The summed E-state index contributed by atoms with van der Waals surface area (Å²) in [6.07, 6.45) is 0. The van der Waals surface area contributed by atoms with Crippen molar-refractivity contribution in [1.29, 1.82) is 0 Å². The number of nitrogens with one attached hydrogen (secondary N) is 2. The maximum Gasteiger partial charge on any atom is 0.198 e. The molecule has 2 heterocycles. The van der Waals surface area contributed by atoms with Crippen LogP contribution in [0.2, 0.25) is 5.15 Å². The Morgan fingerprint density at radius 3 is 3.09 bits per heavy atom. The van der Waals surface area contributed by atoms with Crippen LogP contribution in [0.3, 0.4) is 0 Å². The minimum Gasteiger partial charge on any atom is -0.333 e. The Morgan fingerprint density at radius 1 is 1.45 bits per heavy atom. The number of nitrogens with zero attached hydrogens (tertiary/aromatic N) is 1. The van der Waals surface area contributed by atoms with Gasteiger partial charge in [-0.2, -0.15) is 0 Å². The van der Waals surface area contributed by atoms with Crippen LogP contribution in [0.25, 0.3) is 0 Å². The molecule has 1 aliphatic heterocycles. The summed E-state index contributed by atoms with van der Waals surface area (Å²) in [6, 6.07) is 0. The topological polar surface area (TPSA) is 40.7 Å². The first kappa shape index (κ1) is 7.21. The van der Waals surface area contributed by atoms with E-state index in [1.165, 1.54) is 0 Å². The molecule has 58 valence electrons. The van der Waals surface area contributed by atoms with E-state index in [0.29, 0.717) is 9.92 Å². The van der Waals surface area contributed by atoms with Crippen molar-refractivity contribution in [3.05, 3.63) is 21.2 Å². The highest BCUT2D eigenvalue weighted by Gasteiger charge is 2.14. The van der Waals surface area contributed by atoms with Crippen LogP contribution in [-0.2, 0) is 13.1 Å². The summed E-state index contributed by atoms with van der Waals surface area (Å²) >= 11 is 10.7. The molecule has 1 aromatic heterocycles. The zero-order valence-corrected chi connectivity index (χ0v) is 7.22. The van der Waals surface area contributed by atoms with Crippen molar-refractivity contribution in [2.45, 2.75) is 13.1 Å². The number of hydrogen-bond acceptors (Lipinski definition) is 3. The molecule has 0 aromatic carbocycles. The fraction of sp³-hybridized carbons (Fsp3) is 0.333. The van der Waals surface area contributed by atoms with Crippen molar-refractivity contribution < 1.29 is 0 Å². The van der Waals surface area contributed by atoms with Crippen molar-refractivity contribution in [3.63, 3.8) is 0 Å². The van der Waals surface area contributed by atoms with Gasteiger partial charge >= 0.3 is 0 Å². The highest BCUT2D eigenvalue weighted by atomic mass is 35.5. The van der Waals surface area contributed by atoms with E-state index in [-0.39, 0.29) is 0 Å². The first-order valence-corrected chi connectivity index (χ1v) is 4.04. The molecule has 0 radical (unpaired) electrons. The molecule has 0 fully saturated rings. The van der Waals surface area contributed by atoms with Crippen molar-refractivity contribution in [3.8, 4) is 0 Å². The lowest BCUT2D eigenvalue weighted by Crippen LogP contribution is -2.00. The van der Waals surface area contributed by atoms with Gasteiger partial charge in [0.15, 0.2) is 4.77 Å². The van der Waals surface area contributed by atoms with Gasteiger partial charge in [-0.05, 0) is 12.2 Å². The lowest BCUT2D eigenvalue weighted by Gasteiger charge is -1.97. The van der Waals surface area contributed by atoms with Gasteiger partial charge < -0.3 is 10.3 Å². The van der Waals surface area contributed by atoms with Crippen molar-refractivity contribution in [2.75, 3.05) is 0 Å². The van der Waals surface area contributed by atoms with Gasteiger partial charge in [-0.15, -0.1) is 0 Å². The largest absolute Gasteiger partial charge is 0.333 e. The number of H-pyrrole nitrogens is 1. The highest BCUT2D eigenvalue weighted by molar-refractivity contribution is 7.71. The summed E-state index contributed by atoms with van der Waals surface area (Å²) in [4.78, 5) is 6.92. The Morgan fingerprint density at radius 2 is 2.27 bits per heavy atom. The third-order valence-electron chi connectivity index (χ3n) is 1.67. The van der Waals surface area contributed by atoms with Gasteiger partial charge in [0.05, 0.1) is 0 Å². The number of hydrogen-bond donors (Lipinski definition) is 2. The molecule has 0 spiro atoms. The highest BCUT2D eigenvalue weighted by Crippen LogP contribution is 2.19. The number of fused-ring (bicyclic) bond motifs is 1. The fourth-order valence-electron chi connectivity index (χ4n) is 1.16. The molecule has 3 nitrogen and oxygen atoms in total. The summed E-state index contributed by atoms with van der Waals surface area (Å²) in [5.74, 6) is 0. The van der Waals surface area contributed by atoms with Gasteiger partial charge in [0.25, 0.3) is 0 Å². The molecule has 1 aromatic rings. The second-order valence-electron chi connectivity index (χ2n) is 2.39. The Balaban J connectivity index is 2.70. The molecule has 0 atom stereocenters. The normalized spacial score (nSPS) is 15.0. The quantitative estimate of drug-likeness (QED) is 0.477. The van der Waals surface area contributed by atoms with E-state index in [1.807, 2.05) is 0 Å². The SMILES string of the molecule is S=c1nc(Cl)c2c([nH]1)CNC2. The molecule has 0 unspecified atom stereocenters. The summed E-state index contributed by atoms with van der Waals surface area (Å²) in [5.41, 5.74) is 2.11. The van der Waals surface area contributed by atoms with Crippen LogP contribution in [0.15, 0.2) is 0 Å². The smallest absolute Gasteiger partial charge is 0.198 e. The van der Waals surface area contributed by atoms with E-state index in [1.54, 1.807) is 0 Å². The predicted octanol–water partition coefficient (Wildman–Crippen LogP) is 1.40. The standard InChI is InChI=1S/C6H6ClN3S/c7-5-3-1-8-2-4(3)9-6(11)10-5/h8H,1-2H2,(H,9,10,11). The van der Waals surface area contributed by atoms with E-state index in [2.05, 4.69) is 15.3 Å². The molecular weight excluding hydrogens is 182 g/mol. The van der Waals surface area contributed by atoms with Crippen molar-refractivity contribution in [2.24, 2.45) is 0 Å². The second-order valence-corrected chi connectivity index (χ2v) is 3.14. The first-order valence-electron chi connectivity index (χ1n) is 3.25. The molecule has 0 saturated heterocycles. The van der Waals surface area contributed by atoms with Crippen molar-refractivity contribution >= 4 is 23.8 Å². The van der Waals surface area contributed by atoms with E-state index in [0.717, 1.165) is 24.3 Å². The zero-order valence-electron chi connectivity index (χ0n) is 5.65. The Bertz CT molecular complexity index is 346. The Hall–Kier alpha value is -0.450. The lowest BCUT2D eigenvalue weighted by molar-refractivity contribution is 0.757. The maximum absolute atomic E-state index is 5.84. The lowest BCUT2D eigenvalue weighted by atomic mass is 10.3. The van der Waals surface area contributed by atoms with Gasteiger partial charge in [-0.25, -0.2) is 4.98 Å². The number of rotatable bonds is 0. The average Bonchev–Trinajstić information content (AvgIpc) is 2.34. The van der Waals surface area contributed by atoms with Crippen LogP contribution >= 0.6 is 23.8 Å². The molecule has 2 N–H and O–H groups in total. The van der Waals surface area contributed by atoms with Crippen LogP contribution in [0.4, 0.5) is 0 Å². The average molecular weight is 188 g/mol. The maximum atomic E-state index is 5.84. The monoisotopic (exact) mass is 187 g/mol. The molecular formula is C6H6ClN3S. The minimum absolute atomic E-state index is 0.456. The first-order chi connectivity index (χ1) is 5.27. The second kappa shape index (κ2) is 2.55. The number of halogens is 1. The molecule has 0 aliphatic carbocycles. The molecule has 1 aliphatic rings. The van der Waals surface area contributed by atoms with Gasteiger partial charge in [0.2, 0.25) is 0 Å². The number of aromatic amines is 1. The fourth-order valence-corrected chi connectivity index (χ4v) is 1.69. The van der Waals surface area contributed by atoms with Crippen LogP contribution in [0, 0.1) is 4.77 Å². The molecule has 11 heavy (non-hydrogen) atoms. The molecule has 0 bridgehead atoms. The van der Waals surface area contributed by atoms with Gasteiger partial charge in [-0.1, -0.05) is 11.6 Å². The van der Waals surface area contributed by atoms with E-state index < -0.39 is 0 Å². The Labute approximate surface area is 73.8 Å². The van der Waals surface area contributed by atoms with Gasteiger partial charge in [0, 0.05) is 24.3 Å². The van der Waals surface area contributed by atoms with Crippen LogP contribution in [0.5, 0.6) is 0 Å². The third-order valence-corrected chi connectivity index (χ3v) is 2.18. The van der Waals surface area contributed by atoms with E-state index >= 15 is 0 Å². The molecule has 0 saturated carbocycles. The Kier molecular flexibility index (Phi) is 1.67. The summed E-state index contributed by atoms with van der Waals surface area (Å²) in [5, 5.41) is 3.68. The summed E-state index contributed by atoms with van der Waals surface area (Å²) < 4.78 is 0.456. The van der Waals surface area contributed by atoms with Gasteiger partial charge in [-0.3, -0.25) is 0 Å². The van der Waals surface area contributed by atoms with Crippen LogP contribution in [0.1, 0.15) is 11.3 Å². The van der Waals surface area contributed by atoms with E-state index in [4.69, 9.17) is 23.8 Å². The third kappa shape index (κ3) is 1.17. The van der Waals surface area contributed by atoms with Crippen LogP contribution < -0.4 is 5.32 Å². The number of aromatic nitrogens is 2. The van der Waals surface area contributed by atoms with Crippen LogP contribution in [-0.4, -0.2) is 9.97 Å². The molecule has 5 heteroatoms. The van der Waals surface area contributed by atoms with Gasteiger partial charge in [0.1, 0.15) is 5.15 Å². The van der Waals surface area contributed by atoms with E-state index in [9.17, 15) is 0 Å².